The molecule has 1 unspecified atom stereocenters. The largest absolute Gasteiger partial charge is 0.379 e. The maximum Gasteiger partial charge on any atom is 0.0670 e. The van der Waals surface area contributed by atoms with E-state index in [1.165, 1.54) is 0 Å². The molecular formula is C12H15Cl2NO. The summed E-state index contributed by atoms with van der Waals surface area (Å²) < 4.78 is 5.40. The quantitative estimate of drug-likeness (QED) is 0.773. The van der Waals surface area contributed by atoms with Crippen LogP contribution in [0.3, 0.4) is 0 Å². The van der Waals surface area contributed by atoms with Gasteiger partial charge in [0.1, 0.15) is 0 Å². The van der Waals surface area contributed by atoms with Crippen molar-refractivity contribution in [2.75, 3.05) is 25.2 Å². The van der Waals surface area contributed by atoms with E-state index in [-0.39, 0.29) is 0 Å². The molecule has 0 saturated carbocycles. The highest BCUT2D eigenvalue weighted by atomic mass is 35.5. The number of likely N-dealkylation sites (N-methyl/N-ethyl adjacent to an activating group) is 1. The van der Waals surface area contributed by atoms with Crippen molar-refractivity contribution in [3.8, 4) is 0 Å². The third-order valence-electron chi connectivity index (χ3n) is 3.02. The van der Waals surface area contributed by atoms with E-state index >= 15 is 0 Å². The highest BCUT2D eigenvalue weighted by molar-refractivity contribution is 6.31. The first-order valence-electron chi connectivity index (χ1n) is 5.37. The Morgan fingerprint density at radius 3 is 2.94 bits per heavy atom. The second-order valence-electron chi connectivity index (χ2n) is 4.03. The Bertz CT molecular complexity index is 364. The van der Waals surface area contributed by atoms with Crippen molar-refractivity contribution in [2.24, 2.45) is 0 Å². The normalized spacial score (nSPS) is 20.1. The van der Waals surface area contributed by atoms with E-state index in [0.29, 0.717) is 11.9 Å². The van der Waals surface area contributed by atoms with Gasteiger partial charge in [-0.3, -0.25) is 0 Å². The van der Waals surface area contributed by atoms with E-state index in [2.05, 4.69) is 11.9 Å². The minimum atomic E-state index is 0.431. The summed E-state index contributed by atoms with van der Waals surface area (Å²) in [7, 11) is 2.07. The number of benzene rings is 1. The predicted molar refractivity (Wildman–Crippen MR) is 68.6 cm³/mol. The van der Waals surface area contributed by atoms with Crippen LogP contribution in [0.5, 0.6) is 0 Å². The molecule has 1 heterocycles. The Balaban J connectivity index is 2.26. The molecule has 88 valence electrons. The average Bonchev–Trinajstić information content (AvgIpc) is 2.81. The zero-order chi connectivity index (χ0) is 11.5. The highest BCUT2D eigenvalue weighted by Crippen LogP contribution is 2.28. The molecule has 2 nitrogen and oxygen atoms in total. The van der Waals surface area contributed by atoms with Crippen molar-refractivity contribution >= 4 is 28.9 Å². The van der Waals surface area contributed by atoms with E-state index < -0.39 is 0 Å². The molecule has 16 heavy (non-hydrogen) atoms. The van der Waals surface area contributed by atoms with Gasteiger partial charge in [0.15, 0.2) is 0 Å². The molecule has 0 N–H and O–H groups in total. The fraction of sp³-hybridized carbons (Fsp3) is 0.500. The number of nitrogens with zero attached hydrogens (tertiary/aromatic N) is 1. The van der Waals surface area contributed by atoms with Crippen LogP contribution in [0.1, 0.15) is 12.0 Å². The maximum atomic E-state index is 6.02. The van der Waals surface area contributed by atoms with E-state index in [4.69, 9.17) is 27.9 Å². The van der Waals surface area contributed by atoms with Gasteiger partial charge in [-0.25, -0.2) is 0 Å². The van der Waals surface area contributed by atoms with E-state index in [0.717, 1.165) is 35.9 Å². The lowest BCUT2D eigenvalue weighted by Gasteiger charge is -2.27. The van der Waals surface area contributed by atoms with Gasteiger partial charge in [0, 0.05) is 30.2 Å². The number of halogens is 2. The van der Waals surface area contributed by atoms with Gasteiger partial charge in [0.25, 0.3) is 0 Å². The van der Waals surface area contributed by atoms with Crippen molar-refractivity contribution in [1.82, 2.24) is 0 Å². The number of ether oxygens (including phenoxy) is 1. The van der Waals surface area contributed by atoms with Crippen molar-refractivity contribution in [3.63, 3.8) is 0 Å². The molecule has 1 fully saturated rings. The molecule has 1 aliphatic heterocycles. The lowest BCUT2D eigenvalue weighted by atomic mass is 10.1. The first kappa shape index (κ1) is 12.0. The van der Waals surface area contributed by atoms with Gasteiger partial charge in [-0.15, -0.1) is 11.6 Å². The van der Waals surface area contributed by atoms with Crippen LogP contribution in [0.15, 0.2) is 18.2 Å². The van der Waals surface area contributed by atoms with E-state index in [1.807, 2.05) is 18.2 Å². The van der Waals surface area contributed by atoms with Crippen molar-refractivity contribution in [2.45, 2.75) is 18.3 Å². The molecule has 0 spiro atoms. The van der Waals surface area contributed by atoms with Gasteiger partial charge in [0.05, 0.1) is 12.6 Å². The van der Waals surface area contributed by atoms with Gasteiger partial charge in [-0.1, -0.05) is 17.7 Å². The SMILES string of the molecule is CN(c1cc(Cl)ccc1CCl)C1CCOC1. The van der Waals surface area contributed by atoms with Gasteiger partial charge in [-0.2, -0.15) is 0 Å². The molecule has 0 aliphatic carbocycles. The maximum absolute atomic E-state index is 6.02. The zero-order valence-corrected chi connectivity index (χ0v) is 10.8. The lowest BCUT2D eigenvalue weighted by molar-refractivity contribution is 0.193. The molecule has 0 bridgehead atoms. The van der Waals surface area contributed by atoms with Gasteiger partial charge in [-0.05, 0) is 24.1 Å². The fourth-order valence-electron chi connectivity index (χ4n) is 2.00. The molecule has 1 aromatic rings. The molecule has 1 aliphatic rings. The van der Waals surface area contributed by atoms with Crippen molar-refractivity contribution < 1.29 is 4.74 Å². The Hall–Kier alpha value is -0.440. The Morgan fingerprint density at radius 2 is 2.31 bits per heavy atom. The van der Waals surface area contributed by atoms with Crippen LogP contribution in [0.25, 0.3) is 0 Å². The second-order valence-corrected chi connectivity index (χ2v) is 4.74. The standard InChI is InChI=1S/C12H15Cl2NO/c1-15(11-4-5-16-8-11)12-6-10(14)3-2-9(12)7-13/h2-3,6,11H,4-5,7-8H2,1H3. The van der Waals surface area contributed by atoms with Crippen LogP contribution in [0.4, 0.5) is 5.69 Å². The third-order valence-corrected chi connectivity index (χ3v) is 3.55. The predicted octanol–water partition coefficient (Wildman–Crippen LogP) is 3.30. The second kappa shape index (κ2) is 5.26. The number of hydrogen-bond donors (Lipinski definition) is 0. The van der Waals surface area contributed by atoms with Crippen molar-refractivity contribution in [3.05, 3.63) is 28.8 Å². The summed E-state index contributed by atoms with van der Waals surface area (Å²) >= 11 is 12.0. The van der Waals surface area contributed by atoms with Crippen LogP contribution < -0.4 is 4.90 Å². The Kier molecular flexibility index (Phi) is 3.95. The summed E-state index contributed by atoms with van der Waals surface area (Å²) in [6, 6.07) is 6.26. The molecule has 1 saturated heterocycles. The minimum Gasteiger partial charge on any atom is -0.379 e. The zero-order valence-electron chi connectivity index (χ0n) is 9.25. The summed E-state index contributed by atoms with van der Waals surface area (Å²) in [4.78, 5) is 2.22. The Morgan fingerprint density at radius 1 is 1.50 bits per heavy atom. The van der Waals surface area contributed by atoms with Gasteiger partial charge < -0.3 is 9.64 Å². The monoisotopic (exact) mass is 259 g/mol. The number of alkyl halides is 1. The summed E-state index contributed by atoms with van der Waals surface area (Å²) in [6.45, 7) is 1.62. The summed E-state index contributed by atoms with van der Waals surface area (Å²) in [5.74, 6) is 0.504. The van der Waals surface area contributed by atoms with Gasteiger partial charge in [0.2, 0.25) is 0 Å². The smallest absolute Gasteiger partial charge is 0.0670 e. The van der Waals surface area contributed by atoms with Crippen LogP contribution in [0.2, 0.25) is 5.02 Å². The highest BCUT2D eigenvalue weighted by Gasteiger charge is 2.22. The third kappa shape index (κ3) is 2.45. The number of anilines is 1. The topological polar surface area (TPSA) is 12.5 Å². The number of rotatable bonds is 3. The Labute approximate surface area is 106 Å². The first-order chi connectivity index (χ1) is 7.72. The molecule has 4 heteroatoms. The van der Waals surface area contributed by atoms with Crippen LogP contribution in [-0.4, -0.2) is 26.3 Å². The molecule has 0 aromatic heterocycles. The van der Waals surface area contributed by atoms with Crippen molar-refractivity contribution in [1.29, 1.82) is 0 Å². The van der Waals surface area contributed by atoms with Crippen LogP contribution in [0, 0.1) is 0 Å². The fourth-order valence-corrected chi connectivity index (χ4v) is 2.39. The molecule has 0 radical (unpaired) electrons. The number of hydrogen-bond acceptors (Lipinski definition) is 2. The first-order valence-corrected chi connectivity index (χ1v) is 6.28. The lowest BCUT2D eigenvalue weighted by Crippen LogP contribution is -2.32. The van der Waals surface area contributed by atoms with Gasteiger partial charge >= 0.3 is 0 Å². The molecule has 1 atom stereocenters. The summed E-state index contributed by atoms with van der Waals surface area (Å²) in [5.41, 5.74) is 2.22. The molecule has 1 aromatic carbocycles. The summed E-state index contributed by atoms with van der Waals surface area (Å²) in [5, 5.41) is 0.745. The average molecular weight is 260 g/mol. The molecular weight excluding hydrogens is 245 g/mol. The summed E-state index contributed by atoms with van der Waals surface area (Å²) in [6.07, 6.45) is 1.06. The van der Waals surface area contributed by atoms with E-state index in [1.54, 1.807) is 0 Å². The van der Waals surface area contributed by atoms with Crippen LogP contribution >= 0.6 is 23.2 Å². The van der Waals surface area contributed by atoms with E-state index in [9.17, 15) is 0 Å². The minimum absolute atomic E-state index is 0.431. The van der Waals surface area contributed by atoms with Crippen LogP contribution in [-0.2, 0) is 10.6 Å². The molecule has 2 rings (SSSR count). The molecule has 0 amide bonds.